The van der Waals surface area contributed by atoms with Crippen LogP contribution in [0.5, 0.6) is 0 Å². The first-order valence-electron chi connectivity index (χ1n) is 5.68. The summed E-state index contributed by atoms with van der Waals surface area (Å²) in [7, 11) is 3.08. The summed E-state index contributed by atoms with van der Waals surface area (Å²) < 4.78 is 9.28. The predicted molar refractivity (Wildman–Crippen MR) is 69.6 cm³/mol. The number of rotatable bonds is 6. The van der Waals surface area contributed by atoms with Gasteiger partial charge in [-0.05, 0) is 12.1 Å². The van der Waals surface area contributed by atoms with Gasteiger partial charge >= 0.3 is 11.9 Å². The van der Waals surface area contributed by atoms with Crippen molar-refractivity contribution >= 4 is 17.8 Å². The zero-order valence-electron chi connectivity index (χ0n) is 10.9. The number of likely N-dealkylation sites (N-methyl/N-ethyl adjacent to an activating group) is 1. The molecule has 1 aromatic rings. The van der Waals surface area contributed by atoms with Crippen LogP contribution in [0.15, 0.2) is 36.5 Å². The van der Waals surface area contributed by atoms with Crippen LogP contribution >= 0.6 is 0 Å². The summed E-state index contributed by atoms with van der Waals surface area (Å²) in [6.07, 6.45) is 3.74. The fourth-order valence-corrected chi connectivity index (χ4v) is 1.23. The number of hydrogen-bond acceptors (Lipinski definition) is 6. The van der Waals surface area contributed by atoms with E-state index in [4.69, 9.17) is 4.74 Å². The van der Waals surface area contributed by atoms with Gasteiger partial charge in [-0.3, -0.25) is 0 Å². The van der Waals surface area contributed by atoms with Crippen LogP contribution in [-0.2, 0) is 19.1 Å². The van der Waals surface area contributed by atoms with Gasteiger partial charge in [-0.15, -0.1) is 0 Å². The van der Waals surface area contributed by atoms with Crippen LogP contribution < -0.4 is 4.90 Å². The summed E-state index contributed by atoms with van der Waals surface area (Å²) in [6, 6.07) is 5.57. The number of carbonyl (C=O) groups is 2. The van der Waals surface area contributed by atoms with Crippen molar-refractivity contribution in [1.29, 1.82) is 0 Å². The number of ether oxygens (including phenoxy) is 2. The van der Waals surface area contributed by atoms with Crippen molar-refractivity contribution < 1.29 is 19.1 Å². The first-order valence-corrected chi connectivity index (χ1v) is 5.68. The third kappa shape index (κ3) is 5.67. The lowest BCUT2D eigenvalue weighted by Crippen LogP contribution is -2.24. The molecule has 0 radical (unpaired) electrons. The molecule has 19 heavy (non-hydrogen) atoms. The second kappa shape index (κ2) is 7.86. The van der Waals surface area contributed by atoms with Crippen LogP contribution in [0.25, 0.3) is 0 Å². The van der Waals surface area contributed by atoms with Gasteiger partial charge in [0, 0.05) is 25.4 Å². The molecule has 0 aromatic carbocycles. The number of esters is 2. The third-order valence-corrected chi connectivity index (χ3v) is 2.27. The quantitative estimate of drug-likeness (QED) is 0.559. The molecule has 1 heterocycles. The van der Waals surface area contributed by atoms with E-state index in [0.29, 0.717) is 6.54 Å². The van der Waals surface area contributed by atoms with E-state index in [-0.39, 0.29) is 6.61 Å². The van der Waals surface area contributed by atoms with E-state index < -0.39 is 11.9 Å². The highest BCUT2D eigenvalue weighted by atomic mass is 16.5. The van der Waals surface area contributed by atoms with E-state index in [0.717, 1.165) is 18.0 Å². The Bertz CT molecular complexity index is 445. The van der Waals surface area contributed by atoms with Crippen LogP contribution in [0.3, 0.4) is 0 Å². The molecule has 1 rings (SSSR count). The molecule has 0 aliphatic carbocycles. The van der Waals surface area contributed by atoms with Gasteiger partial charge in [0.1, 0.15) is 12.4 Å². The van der Waals surface area contributed by atoms with Crippen molar-refractivity contribution in [2.45, 2.75) is 0 Å². The molecule has 0 fully saturated rings. The summed E-state index contributed by atoms with van der Waals surface area (Å²) in [5.41, 5.74) is 0. The number of carbonyl (C=O) groups excluding carboxylic acids is 2. The maximum absolute atomic E-state index is 11.2. The Morgan fingerprint density at radius 2 is 2.05 bits per heavy atom. The monoisotopic (exact) mass is 264 g/mol. The van der Waals surface area contributed by atoms with Crippen molar-refractivity contribution in [2.24, 2.45) is 0 Å². The summed E-state index contributed by atoms with van der Waals surface area (Å²) in [5, 5.41) is 0. The van der Waals surface area contributed by atoms with Gasteiger partial charge in [0.2, 0.25) is 0 Å². The Hall–Kier alpha value is -2.37. The molecule has 6 nitrogen and oxygen atoms in total. The predicted octanol–water partition coefficient (Wildman–Crippen LogP) is 0.790. The van der Waals surface area contributed by atoms with Gasteiger partial charge in [-0.2, -0.15) is 0 Å². The summed E-state index contributed by atoms with van der Waals surface area (Å²) >= 11 is 0. The van der Waals surface area contributed by atoms with Crippen molar-refractivity contribution in [3.05, 3.63) is 36.5 Å². The molecule has 102 valence electrons. The zero-order valence-corrected chi connectivity index (χ0v) is 10.9. The van der Waals surface area contributed by atoms with Crippen LogP contribution in [0, 0.1) is 0 Å². The van der Waals surface area contributed by atoms with Crippen molar-refractivity contribution in [2.75, 3.05) is 32.2 Å². The van der Waals surface area contributed by atoms with E-state index in [1.165, 1.54) is 7.11 Å². The Kier molecular flexibility index (Phi) is 6.08. The van der Waals surface area contributed by atoms with Crippen molar-refractivity contribution in [3.8, 4) is 0 Å². The van der Waals surface area contributed by atoms with Crippen molar-refractivity contribution in [3.63, 3.8) is 0 Å². The second-order valence-corrected chi connectivity index (χ2v) is 3.63. The first kappa shape index (κ1) is 14.7. The maximum atomic E-state index is 11.2. The summed E-state index contributed by atoms with van der Waals surface area (Å²) in [5.74, 6) is -0.383. The maximum Gasteiger partial charge on any atom is 0.331 e. The lowest BCUT2D eigenvalue weighted by molar-refractivity contribution is -0.139. The molecule has 0 saturated carbocycles. The van der Waals surface area contributed by atoms with Gasteiger partial charge in [0.25, 0.3) is 0 Å². The minimum Gasteiger partial charge on any atom is -0.466 e. The Morgan fingerprint density at radius 1 is 1.32 bits per heavy atom. The topological polar surface area (TPSA) is 68.7 Å². The fourth-order valence-electron chi connectivity index (χ4n) is 1.23. The van der Waals surface area contributed by atoms with Gasteiger partial charge in [0.15, 0.2) is 0 Å². The Labute approximate surface area is 111 Å². The number of aromatic nitrogens is 1. The highest BCUT2D eigenvalue weighted by Crippen LogP contribution is 2.05. The van der Waals surface area contributed by atoms with E-state index in [1.54, 1.807) is 6.20 Å². The van der Waals surface area contributed by atoms with Gasteiger partial charge in [-0.25, -0.2) is 14.6 Å². The average Bonchev–Trinajstić information content (AvgIpc) is 2.45. The number of methoxy groups -OCH3 is 1. The van der Waals surface area contributed by atoms with E-state index in [1.807, 2.05) is 30.1 Å². The van der Waals surface area contributed by atoms with Crippen LogP contribution in [-0.4, -0.2) is 44.2 Å². The van der Waals surface area contributed by atoms with Crippen LogP contribution in [0.4, 0.5) is 5.82 Å². The molecule has 0 aliphatic heterocycles. The van der Waals surface area contributed by atoms with Crippen molar-refractivity contribution in [1.82, 2.24) is 4.98 Å². The second-order valence-electron chi connectivity index (χ2n) is 3.63. The molecule has 0 amide bonds. The molecule has 6 heteroatoms. The van der Waals surface area contributed by atoms with Gasteiger partial charge < -0.3 is 14.4 Å². The lowest BCUT2D eigenvalue weighted by atomic mass is 10.4. The van der Waals surface area contributed by atoms with E-state index in [2.05, 4.69) is 9.72 Å². The summed E-state index contributed by atoms with van der Waals surface area (Å²) in [4.78, 5) is 28.0. The minimum atomic E-state index is -0.595. The SMILES string of the molecule is COC(=O)C=CC(=O)OCCN(C)c1ccccn1. The first-order chi connectivity index (χ1) is 9.13. The molecule has 0 atom stereocenters. The number of pyridine rings is 1. The summed E-state index contributed by atoms with van der Waals surface area (Å²) in [6.45, 7) is 0.715. The fraction of sp³-hybridized carbons (Fsp3) is 0.308. The molecular formula is C13H16N2O4. The van der Waals surface area contributed by atoms with Gasteiger partial charge in [0.05, 0.1) is 13.7 Å². The Morgan fingerprint density at radius 3 is 2.68 bits per heavy atom. The van der Waals surface area contributed by atoms with Crippen LogP contribution in [0.2, 0.25) is 0 Å². The molecule has 1 aromatic heterocycles. The highest BCUT2D eigenvalue weighted by molar-refractivity contribution is 5.91. The minimum absolute atomic E-state index is 0.206. The molecular weight excluding hydrogens is 248 g/mol. The molecule has 0 spiro atoms. The molecule has 0 bridgehead atoms. The normalized spacial score (nSPS) is 10.2. The highest BCUT2D eigenvalue weighted by Gasteiger charge is 2.03. The number of nitrogens with zero attached hydrogens (tertiary/aromatic N) is 2. The smallest absolute Gasteiger partial charge is 0.331 e. The standard InChI is InChI=1S/C13H16N2O4/c1-15(11-5-3-4-8-14-11)9-10-19-13(17)7-6-12(16)18-2/h3-8H,9-10H2,1-2H3. The average molecular weight is 264 g/mol. The zero-order chi connectivity index (χ0) is 14.1. The molecule has 0 saturated heterocycles. The molecule has 0 N–H and O–H groups in total. The lowest BCUT2D eigenvalue weighted by Gasteiger charge is -2.17. The van der Waals surface area contributed by atoms with E-state index >= 15 is 0 Å². The van der Waals surface area contributed by atoms with Crippen LogP contribution in [0.1, 0.15) is 0 Å². The number of hydrogen-bond donors (Lipinski definition) is 0. The number of anilines is 1. The van der Waals surface area contributed by atoms with E-state index in [9.17, 15) is 9.59 Å². The third-order valence-electron chi connectivity index (χ3n) is 2.27. The molecule has 0 unspecified atom stereocenters. The van der Waals surface area contributed by atoms with Gasteiger partial charge in [-0.1, -0.05) is 6.07 Å². The largest absolute Gasteiger partial charge is 0.466 e. The molecule has 0 aliphatic rings. The Balaban J connectivity index is 2.29.